The van der Waals surface area contributed by atoms with E-state index in [0.717, 1.165) is 0 Å². The predicted octanol–water partition coefficient (Wildman–Crippen LogP) is 1.01. The molecule has 54 valence electrons. The minimum absolute atomic E-state index is 0.597. The van der Waals surface area contributed by atoms with Crippen molar-refractivity contribution >= 4 is 0 Å². The Kier molecular flexibility index (Phi) is 1.25. The molecular weight excluding hydrogens is 122 g/mol. The van der Waals surface area contributed by atoms with E-state index in [9.17, 15) is 0 Å². The van der Waals surface area contributed by atoms with Crippen molar-refractivity contribution in [1.29, 1.82) is 0 Å². The van der Waals surface area contributed by atoms with Crippen LogP contribution in [0.2, 0.25) is 0 Å². The standard InChI is InChI=1S/C9H13N/c1-2-8-5-9(6-8)3-4-10-7-9/h1,8,10H,3-7H2. The van der Waals surface area contributed by atoms with E-state index < -0.39 is 0 Å². The maximum absolute atomic E-state index is 5.31. The van der Waals surface area contributed by atoms with Crippen molar-refractivity contribution in [2.75, 3.05) is 13.1 Å². The van der Waals surface area contributed by atoms with Gasteiger partial charge in [0.25, 0.3) is 0 Å². The maximum atomic E-state index is 5.31. The smallest absolute Gasteiger partial charge is 0.0211 e. The molecular formula is C9H13N. The molecule has 1 spiro atoms. The third-order valence-electron chi connectivity index (χ3n) is 2.93. The highest BCUT2D eigenvalue weighted by atomic mass is 14.9. The van der Waals surface area contributed by atoms with Gasteiger partial charge in [0.2, 0.25) is 0 Å². The van der Waals surface area contributed by atoms with Gasteiger partial charge in [-0.05, 0) is 31.2 Å². The van der Waals surface area contributed by atoms with Crippen molar-refractivity contribution in [3.63, 3.8) is 0 Å². The summed E-state index contributed by atoms with van der Waals surface area (Å²) in [5, 5.41) is 3.39. The van der Waals surface area contributed by atoms with E-state index in [2.05, 4.69) is 11.2 Å². The van der Waals surface area contributed by atoms with Crippen molar-refractivity contribution in [3.05, 3.63) is 0 Å². The molecule has 10 heavy (non-hydrogen) atoms. The van der Waals surface area contributed by atoms with Crippen LogP contribution >= 0.6 is 0 Å². The van der Waals surface area contributed by atoms with Gasteiger partial charge in [0.05, 0.1) is 0 Å². The zero-order chi connectivity index (χ0) is 7.03. The Balaban J connectivity index is 1.94. The lowest BCUT2D eigenvalue weighted by molar-refractivity contribution is 0.114. The third kappa shape index (κ3) is 0.759. The molecule has 0 aromatic heterocycles. The highest BCUT2D eigenvalue weighted by molar-refractivity contribution is 5.09. The van der Waals surface area contributed by atoms with E-state index in [-0.39, 0.29) is 0 Å². The molecule has 1 aliphatic carbocycles. The van der Waals surface area contributed by atoms with Gasteiger partial charge in [-0.1, -0.05) is 0 Å². The SMILES string of the molecule is C#CC1CC2(CCNC2)C1. The minimum atomic E-state index is 0.597. The Hall–Kier alpha value is -0.480. The van der Waals surface area contributed by atoms with Crippen LogP contribution in [0, 0.1) is 23.7 Å². The van der Waals surface area contributed by atoms with Gasteiger partial charge in [-0.25, -0.2) is 0 Å². The minimum Gasteiger partial charge on any atom is -0.316 e. The highest BCUT2D eigenvalue weighted by Gasteiger charge is 2.44. The molecule has 2 fully saturated rings. The fourth-order valence-corrected chi connectivity index (χ4v) is 2.25. The second kappa shape index (κ2) is 2.00. The zero-order valence-electron chi connectivity index (χ0n) is 6.19. The van der Waals surface area contributed by atoms with Crippen LogP contribution < -0.4 is 5.32 Å². The Labute approximate surface area is 62.2 Å². The summed E-state index contributed by atoms with van der Waals surface area (Å²) in [6, 6.07) is 0. The van der Waals surface area contributed by atoms with Crippen molar-refractivity contribution in [3.8, 4) is 12.3 Å². The Bertz CT molecular complexity index is 164. The molecule has 0 amide bonds. The molecule has 0 bridgehead atoms. The second-order valence-electron chi connectivity index (χ2n) is 3.70. The molecule has 2 aliphatic rings. The monoisotopic (exact) mass is 135 g/mol. The number of terminal acetylenes is 1. The van der Waals surface area contributed by atoms with Crippen LogP contribution in [0.3, 0.4) is 0 Å². The summed E-state index contributed by atoms with van der Waals surface area (Å²) < 4.78 is 0. The molecule has 1 saturated carbocycles. The first-order valence-electron chi connectivity index (χ1n) is 4.02. The summed E-state index contributed by atoms with van der Waals surface area (Å²) in [4.78, 5) is 0. The van der Waals surface area contributed by atoms with Gasteiger partial charge < -0.3 is 5.32 Å². The largest absolute Gasteiger partial charge is 0.316 e. The van der Waals surface area contributed by atoms with E-state index in [1.807, 2.05) is 0 Å². The average molecular weight is 135 g/mol. The van der Waals surface area contributed by atoms with Gasteiger partial charge in [0.1, 0.15) is 0 Å². The predicted molar refractivity (Wildman–Crippen MR) is 41.5 cm³/mol. The molecule has 1 aliphatic heterocycles. The molecule has 0 radical (unpaired) electrons. The Morgan fingerprint density at radius 1 is 1.50 bits per heavy atom. The molecule has 1 nitrogen and oxygen atoms in total. The topological polar surface area (TPSA) is 12.0 Å². The molecule has 0 unspecified atom stereocenters. The Morgan fingerprint density at radius 3 is 2.80 bits per heavy atom. The normalized spacial score (nSPS) is 44.9. The average Bonchev–Trinajstić information content (AvgIpc) is 2.30. The van der Waals surface area contributed by atoms with Crippen molar-refractivity contribution in [2.24, 2.45) is 11.3 Å². The number of hydrogen-bond acceptors (Lipinski definition) is 1. The summed E-state index contributed by atoms with van der Waals surface area (Å²) >= 11 is 0. The fourth-order valence-electron chi connectivity index (χ4n) is 2.25. The fraction of sp³-hybridized carbons (Fsp3) is 0.778. The lowest BCUT2D eigenvalue weighted by Crippen LogP contribution is -2.38. The van der Waals surface area contributed by atoms with Crippen molar-refractivity contribution in [1.82, 2.24) is 5.32 Å². The van der Waals surface area contributed by atoms with Crippen LogP contribution in [0.25, 0.3) is 0 Å². The van der Waals surface area contributed by atoms with Crippen LogP contribution in [-0.4, -0.2) is 13.1 Å². The van der Waals surface area contributed by atoms with E-state index in [1.54, 1.807) is 0 Å². The van der Waals surface area contributed by atoms with Gasteiger partial charge in [0, 0.05) is 12.5 Å². The maximum Gasteiger partial charge on any atom is 0.0211 e. The van der Waals surface area contributed by atoms with Crippen molar-refractivity contribution < 1.29 is 0 Å². The van der Waals surface area contributed by atoms with Crippen LogP contribution in [0.15, 0.2) is 0 Å². The first kappa shape index (κ1) is 6.24. The van der Waals surface area contributed by atoms with E-state index in [4.69, 9.17) is 6.42 Å². The van der Waals surface area contributed by atoms with Gasteiger partial charge >= 0.3 is 0 Å². The van der Waals surface area contributed by atoms with E-state index in [0.29, 0.717) is 11.3 Å². The number of rotatable bonds is 0. The highest BCUT2D eigenvalue weighted by Crippen LogP contribution is 2.49. The van der Waals surface area contributed by atoms with E-state index in [1.165, 1.54) is 32.4 Å². The first-order valence-corrected chi connectivity index (χ1v) is 4.02. The van der Waals surface area contributed by atoms with Gasteiger partial charge in [-0.2, -0.15) is 0 Å². The van der Waals surface area contributed by atoms with Gasteiger partial charge in [0.15, 0.2) is 0 Å². The van der Waals surface area contributed by atoms with Crippen LogP contribution in [-0.2, 0) is 0 Å². The second-order valence-corrected chi connectivity index (χ2v) is 3.70. The van der Waals surface area contributed by atoms with Crippen LogP contribution in [0.4, 0.5) is 0 Å². The molecule has 2 rings (SSSR count). The first-order chi connectivity index (χ1) is 4.85. The molecule has 1 saturated heterocycles. The van der Waals surface area contributed by atoms with Gasteiger partial charge in [-0.3, -0.25) is 0 Å². The summed E-state index contributed by atoms with van der Waals surface area (Å²) in [6.45, 7) is 2.42. The molecule has 1 heterocycles. The summed E-state index contributed by atoms with van der Waals surface area (Å²) in [5.74, 6) is 3.42. The lowest BCUT2D eigenvalue weighted by atomic mass is 9.62. The molecule has 0 aromatic carbocycles. The summed E-state index contributed by atoms with van der Waals surface area (Å²) in [5.41, 5.74) is 0.636. The number of hydrogen-bond donors (Lipinski definition) is 1. The lowest BCUT2D eigenvalue weighted by Gasteiger charge is -2.42. The third-order valence-corrected chi connectivity index (χ3v) is 2.93. The Morgan fingerprint density at radius 2 is 2.30 bits per heavy atom. The van der Waals surface area contributed by atoms with Crippen LogP contribution in [0.1, 0.15) is 19.3 Å². The molecule has 1 N–H and O–H groups in total. The molecule has 0 aromatic rings. The number of nitrogens with one attached hydrogen (secondary N) is 1. The molecule has 1 heteroatoms. The quantitative estimate of drug-likeness (QED) is 0.489. The van der Waals surface area contributed by atoms with Crippen molar-refractivity contribution in [2.45, 2.75) is 19.3 Å². The van der Waals surface area contributed by atoms with E-state index >= 15 is 0 Å². The zero-order valence-corrected chi connectivity index (χ0v) is 6.19. The summed E-state index contributed by atoms with van der Waals surface area (Å²) in [7, 11) is 0. The molecule has 0 atom stereocenters. The van der Waals surface area contributed by atoms with Crippen LogP contribution in [0.5, 0.6) is 0 Å². The van der Waals surface area contributed by atoms with Gasteiger partial charge in [-0.15, -0.1) is 12.3 Å². The summed E-state index contributed by atoms with van der Waals surface area (Å²) in [6.07, 6.45) is 9.22.